The molecule has 3 rings (SSSR count). The van der Waals surface area contributed by atoms with Crippen LogP contribution in [0.3, 0.4) is 0 Å². The van der Waals surface area contributed by atoms with Gasteiger partial charge >= 0.3 is 0 Å². The monoisotopic (exact) mass is 404 g/mol. The number of benzene rings is 2. The highest BCUT2D eigenvalue weighted by atomic mass is 32.1. The van der Waals surface area contributed by atoms with Crippen LogP contribution in [0.15, 0.2) is 65.7 Å². The standard InChI is InChI=1S/C24H24N2O2S/c1-4-18-8-5-7-17(3)22(18)26-24(28)21(15-20-9-6-14-29-20)25-23(27)19-12-10-16(2)11-13-19/h5-15H,4H2,1-3H3,(H,25,27)(H,26,28)/b21-15-. The quantitative estimate of drug-likeness (QED) is 0.545. The number of para-hydroxylation sites is 1. The van der Waals surface area contributed by atoms with E-state index in [0.29, 0.717) is 5.56 Å². The van der Waals surface area contributed by atoms with Crippen molar-refractivity contribution in [3.8, 4) is 0 Å². The van der Waals surface area contributed by atoms with E-state index in [2.05, 4.69) is 10.6 Å². The lowest BCUT2D eigenvalue weighted by atomic mass is 10.1. The van der Waals surface area contributed by atoms with E-state index in [-0.39, 0.29) is 17.5 Å². The molecule has 148 valence electrons. The van der Waals surface area contributed by atoms with Crippen molar-refractivity contribution in [1.82, 2.24) is 5.32 Å². The van der Waals surface area contributed by atoms with Crippen molar-refractivity contribution >= 4 is 34.9 Å². The molecule has 29 heavy (non-hydrogen) atoms. The van der Waals surface area contributed by atoms with Crippen LogP contribution in [0.2, 0.25) is 0 Å². The molecule has 0 fully saturated rings. The third-order valence-electron chi connectivity index (χ3n) is 4.61. The van der Waals surface area contributed by atoms with Gasteiger partial charge in [0.05, 0.1) is 0 Å². The van der Waals surface area contributed by atoms with Gasteiger partial charge in [0.25, 0.3) is 11.8 Å². The molecule has 0 saturated carbocycles. The summed E-state index contributed by atoms with van der Waals surface area (Å²) >= 11 is 1.50. The van der Waals surface area contributed by atoms with E-state index < -0.39 is 0 Å². The summed E-state index contributed by atoms with van der Waals surface area (Å²) in [5.74, 6) is -0.661. The summed E-state index contributed by atoms with van der Waals surface area (Å²) in [6.45, 7) is 5.97. The van der Waals surface area contributed by atoms with Crippen LogP contribution in [0, 0.1) is 13.8 Å². The van der Waals surface area contributed by atoms with Crippen molar-refractivity contribution in [2.45, 2.75) is 27.2 Å². The molecule has 0 saturated heterocycles. The van der Waals surface area contributed by atoms with Gasteiger partial charge in [-0.25, -0.2) is 0 Å². The van der Waals surface area contributed by atoms with Crippen molar-refractivity contribution in [2.75, 3.05) is 5.32 Å². The van der Waals surface area contributed by atoms with E-state index in [1.54, 1.807) is 18.2 Å². The Kier molecular flexibility index (Phi) is 6.62. The second kappa shape index (κ2) is 9.34. The van der Waals surface area contributed by atoms with Gasteiger partial charge < -0.3 is 10.6 Å². The number of carbonyl (C=O) groups is 2. The smallest absolute Gasteiger partial charge is 0.272 e. The number of nitrogens with one attached hydrogen (secondary N) is 2. The first-order chi connectivity index (χ1) is 14.0. The Balaban J connectivity index is 1.89. The molecule has 0 unspecified atom stereocenters. The fourth-order valence-electron chi connectivity index (χ4n) is 2.96. The van der Waals surface area contributed by atoms with E-state index in [1.165, 1.54) is 11.3 Å². The van der Waals surface area contributed by atoms with Gasteiger partial charge in [0, 0.05) is 16.1 Å². The number of aryl methyl sites for hydroxylation is 3. The molecule has 0 aliphatic rings. The highest BCUT2D eigenvalue weighted by Crippen LogP contribution is 2.22. The molecule has 4 nitrogen and oxygen atoms in total. The first-order valence-corrected chi connectivity index (χ1v) is 10.4. The SMILES string of the molecule is CCc1cccc(C)c1NC(=O)/C(=C/c1cccs1)NC(=O)c1ccc(C)cc1. The van der Waals surface area contributed by atoms with E-state index >= 15 is 0 Å². The van der Waals surface area contributed by atoms with E-state index in [1.807, 2.05) is 68.6 Å². The third-order valence-corrected chi connectivity index (χ3v) is 5.43. The molecule has 0 atom stereocenters. The number of hydrogen-bond donors (Lipinski definition) is 2. The van der Waals surface area contributed by atoms with Crippen LogP contribution >= 0.6 is 11.3 Å². The molecule has 0 spiro atoms. The molecule has 2 amide bonds. The maximum Gasteiger partial charge on any atom is 0.272 e. The van der Waals surface area contributed by atoms with Gasteiger partial charge in [0.2, 0.25) is 0 Å². The van der Waals surface area contributed by atoms with Gasteiger partial charge in [0.1, 0.15) is 5.70 Å². The molecule has 0 aliphatic carbocycles. The lowest BCUT2D eigenvalue weighted by Gasteiger charge is -2.15. The van der Waals surface area contributed by atoms with Gasteiger partial charge in [-0.05, 0) is 61.1 Å². The van der Waals surface area contributed by atoms with Gasteiger partial charge in [-0.3, -0.25) is 9.59 Å². The molecule has 2 aromatic carbocycles. The molecule has 2 N–H and O–H groups in total. The summed E-state index contributed by atoms with van der Waals surface area (Å²) < 4.78 is 0. The van der Waals surface area contributed by atoms with Crippen molar-refractivity contribution in [3.63, 3.8) is 0 Å². The Bertz CT molecular complexity index is 1040. The summed E-state index contributed by atoms with van der Waals surface area (Å²) in [6.07, 6.45) is 2.51. The third kappa shape index (κ3) is 5.21. The fourth-order valence-corrected chi connectivity index (χ4v) is 3.61. The highest BCUT2D eigenvalue weighted by molar-refractivity contribution is 7.10. The van der Waals surface area contributed by atoms with E-state index in [0.717, 1.165) is 33.7 Å². The molecule has 1 aromatic heterocycles. The van der Waals surface area contributed by atoms with Crippen LogP contribution in [0.1, 0.15) is 38.8 Å². The molecule has 1 heterocycles. The Morgan fingerprint density at radius 1 is 1.00 bits per heavy atom. The number of anilines is 1. The van der Waals surface area contributed by atoms with Crippen molar-refractivity contribution in [1.29, 1.82) is 0 Å². The van der Waals surface area contributed by atoms with Crippen LogP contribution in [-0.2, 0) is 11.2 Å². The Morgan fingerprint density at radius 2 is 1.76 bits per heavy atom. The van der Waals surface area contributed by atoms with Crippen LogP contribution in [0.25, 0.3) is 6.08 Å². The topological polar surface area (TPSA) is 58.2 Å². The van der Waals surface area contributed by atoms with Crippen LogP contribution in [0.4, 0.5) is 5.69 Å². The largest absolute Gasteiger partial charge is 0.320 e. The van der Waals surface area contributed by atoms with Crippen molar-refractivity contribution < 1.29 is 9.59 Å². The Labute approximate surface area is 175 Å². The fraction of sp³-hybridized carbons (Fsp3) is 0.167. The van der Waals surface area contributed by atoms with Gasteiger partial charge in [-0.2, -0.15) is 0 Å². The molecular formula is C24H24N2O2S. The summed E-state index contributed by atoms with van der Waals surface area (Å²) in [4.78, 5) is 26.7. The Morgan fingerprint density at radius 3 is 2.41 bits per heavy atom. The maximum atomic E-state index is 13.1. The van der Waals surface area contributed by atoms with Crippen LogP contribution < -0.4 is 10.6 Å². The second-order valence-corrected chi connectivity index (χ2v) is 7.79. The molecule has 3 aromatic rings. The minimum atomic E-state index is -0.345. The maximum absolute atomic E-state index is 13.1. The van der Waals surface area contributed by atoms with Crippen molar-refractivity contribution in [2.24, 2.45) is 0 Å². The van der Waals surface area contributed by atoms with Crippen LogP contribution in [-0.4, -0.2) is 11.8 Å². The second-order valence-electron chi connectivity index (χ2n) is 6.81. The zero-order valence-corrected chi connectivity index (χ0v) is 17.6. The number of amides is 2. The number of carbonyl (C=O) groups excluding carboxylic acids is 2. The number of rotatable bonds is 6. The summed E-state index contributed by atoms with van der Waals surface area (Å²) in [5.41, 5.74) is 4.62. The lowest BCUT2D eigenvalue weighted by Crippen LogP contribution is -2.31. The van der Waals surface area contributed by atoms with Gasteiger partial charge in [0.15, 0.2) is 0 Å². The minimum absolute atomic E-state index is 0.211. The first-order valence-electron chi connectivity index (χ1n) is 9.51. The first kappa shape index (κ1) is 20.6. The highest BCUT2D eigenvalue weighted by Gasteiger charge is 2.17. The molecule has 0 radical (unpaired) electrons. The number of hydrogen-bond acceptors (Lipinski definition) is 3. The Hall–Kier alpha value is -3.18. The molecule has 5 heteroatoms. The average Bonchev–Trinajstić information content (AvgIpc) is 3.22. The van der Waals surface area contributed by atoms with E-state index in [4.69, 9.17) is 0 Å². The lowest BCUT2D eigenvalue weighted by molar-refractivity contribution is -0.113. The van der Waals surface area contributed by atoms with E-state index in [9.17, 15) is 9.59 Å². The predicted molar refractivity (Wildman–Crippen MR) is 120 cm³/mol. The van der Waals surface area contributed by atoms with Crippen molar-refractivity contribution in [3.05, 3.63) is 92.8 Å². The normalized spacial score (nSPS) is 11.2. The molecular weight excluding hydrogens is 380 g/mol. The molecule has 0 aliphatic heterocycles. The predicted octanol–water partition coefficient (Wildman–Crippen LogP) is 5.34. The zero-order chi connectivity index (χ0) is 20.8. The van der Waals surface area contributed by atoms with Gasteiger partial charge in [-0.15, -0.1) is 11.3 Å². The van der Waals surface area contributed by atoms with Crippen LogP contribution in [0.5, 0.6) is 0 Å². The number of thiophene rings is 1. The summed E-state index contributed by atoms with van der Waals surface area (Å²) in [7, 11) is 0. The molecule has 0 bridgehead atoms. The van der Waals surface area contributed by atoms with Gasteiger partial charge in [-0.1, -0.05) is 48.9 Å². The zero-order valence-electron chi connectivity index (χ0n) is 16.8. The summed E-state index contributed by atoms with van der Waals surface area (Å²) in [5, 5.41) is 7.71. The minimum Gasteiger partial charge on any atom is -0.320 e. The average molecular weight is 405 g/mol. The summed E-state index contributed by atoms with van der Waals surface area (Å²) in [6, 6.07) is 17.0.